The van der Waals surface area contributed by atoms with Crippen LogP contribution in [0.1, 0.15) is 15.9 Å². The Labute approximate surface area is 160 Å². The average Bonchev–Trinajstić information content (AvgIpc) is 3.13. The molecule has 0 saturated heterocycles. The van der Waals surface area contributed by atoms with Crippen LogP contribution in [0.3, 0.4) is 0 Å². The molecule has 4 aromatic rings. The van der Waals surface area contributed by atoms with Crippen LogP contribution >= 0.6 is 11.8 Å². The summed E-state index contributed by atoms with van der Waals surface area (Å²) in [6.45, 7) is 0. The van der Waals surface area contributed by atoms with Gasteiger partial charge in [-0.25, -0.2) is 9.78 Å². The standard InChI is InChI=1S/C21H16N2O3S/c1-27-13-14-5-7-15(8-6-14)21(24)25-16-9-10-17-19(12-16)26-20(23-17)18-4-2-3-11-22-18/h2-12H,13H2,1H3. The normalized spacial score (nSPS) is 10.9. The summed E-state index contributed by atoms with van der Waals surface area (Å²) in [7, 11) is 0. The lowest BCUT2D eigenvalue weighted by molar-refractivity contribution is 0.0735. The summed E-state index contributed by atoms with van der Waals surface area (Å²) in [5.41, 5.74) is 3.54. The maximum Gasteiger partial charge on any atom is 0.343 e. The lowest BCUT2D eigenvalue weighted by atomic mass is 10.1. The first kappa shape index (κ1) is 17.3. The van der Waals surface area contributed by atoms with Crippen LogP contribution in [-0.2, 0) is 5.75 Å². The fourth-order valence-electron chi connectivity index (χ4n) is 2.64. The first-order valence-electron chi connectivity index (χ1n) is 8.35. The van der Waals surface area contributed by atoms with E-state index in [9.17, 15) is 4.79 Å². The molecule has 0 saturated carbocycles. The van der Waals surface area contributed by atoms with Gasteiger partial charge in [-0.2, -0.15) is 11.8 Å². The van der Waals surface area contributed by atoms with E-state index in [4.69, 9.17) is 9.15 Å². The van der Waals surface area contributed by atoms with Crippen LogP contribution in [0.5, 0.6) is 5.75 Å². The van der Waals surface area contributed by atoms with Crippen molar-refractivity contribution in [3.8, 4) is 17.3 Å². The molecule has 0 unspecified atom stereocenters. The Kier molecular flexibility index (Phi) is 4.89. The second-order valence-corrected chi connectivity index (χ2v) is 6.75. The van der Waals surface area contributed by atoms with Gasteiger partial charge >= 0.3 is 5.97 Å². The van der Waals surface area contributed by atoms with Crippen molar-refractivity contribution in [2.45, 2.75) is 5.75 Å². The molecule has 0 amide bonds. The average molecular weight is 376 g/mol. The molecule has 27 heavy (non-hydrogen) atoms. The van der Waals surface area contributed by atoms with Crippen molar-refractivity contribution in [3.05, 3.63) is 78.0 Å². The van der Waals surface area contributed by atoms with Crippen molar-refractivity contribution in [1.82, 2.24) is 9.97 Å². The highest BCUT2D eigenvalue weighted by Crippen LogP contribution is 2.26. The van der Waals surface area contributed by atoms with Crippen molar-refractivity contribution in [2.75, 3.05) is 6.26 Å². The van der Waals surface area contributed by atoms with E-state index in [1.165, 1.54) is 5.56 Å². The van der Waals surface area contributed by atoms with Gasteiger partial charge < -0.3 is 9.15 Å². The second-order valence-electron chi connectivity index (χ2n) is 5.88. The first-order valence-corrected chi connectivity index (χ1v) is 9.74. The lowest BCUT2D eigenvalue weighted by Crippen LogP contribution is -2.08. The zero-order chi connectivity index (χ0) is 18.6. The number of hydrogen-bond donors (Lipinski definition) is 0. The minimum absolute atomic E-state index is 0.407. The van der Waals surface area contributed by atoms with E-state index >= 15 is 0 Å². The van der Waals surface area contributed by atoms with Crippen molar-refractivity contribution < 1.29 is 13.9 Å². The Morgan fingerprint density at radius 2 is 1.96 bits per heavy atom. The van der Waals surface area contributed by atoms with Gasteiger partial charge in [-0.3, -0.25) is 4.98 Å². The quantitative estimate of drug-likeness (QED) is 0.362. The molecule has 0 spiro atoms. The van der Waals surface area contributed by atoms with Crippen LogP contribution in [0.15, 0.2) is 71.3 Å². The van der Waals surface area contributed by atoms with E-state index < -0.39 is 5.97 Å². The minimum Gasteiger partial charge on any atom is -0.435 e. The predicted octanol–water partition coefficient (Wildman–Crippen LogP) is 4.97. The topological polar surface area (TPSA) is 65.2 Å². The molecule has 2 aromatic heterocycles. The molecule has 2 heterocycles. The second kappa shape index (κ2) is 7.63. The molecule has 5 nitrogen and oxygen atoms in total. The molecule has 0 aliphatic rings. The van der Waals surface area contributed by atoms with Crippen LogP contribution in [0.4, 0.5) is 0 Å². The number of fused-ring (bicyclic) bond motifs is 1. The Bertz CT molecular complexity index is 1080. The molecule has 0 fully saturated rings. The number of oxazole rings is 1. The van der Waals surface area contributed by atoms with E-state index in [1.54, 1.807) is 48.3 Å². The molecule has 0 atom stereocenters. The summed E-state index contributed by atoms with van der Waals surface area (Å²) < 4.78 is 11.2. The summed E-state index contributed by atoms with van der Waals surface area (Å²) >= 11 is 1.74. The van der Waals surface area contributed by atoms with Crippen LogP contribution in [0, 0.1) is 0 Å². The Balaban J connectivity index is 1.54. The van der Waals surface area contributed by atoms with E-state index in [2.05, 4.69) is 9.97 Å². The van der Waals surface area contributed by atoms with Crippen molar-refractivity contribution in [1.29, 1.82) is 0 Å². The molecule has 2 aromatic carbocycles. The van der Waals surface area contributed by atoms with E-state index in [-0.39, 0.29) is 0 Å². The lowest BCUT2D eigenvalue weighted by Gasteiger charge is -2.05. The molecule has 134 valence electrons. The molecule has 6 heteroatoms. The number of aromatic nitrogens is 2. The number of nitrogens with zero attached hydrogens (tertiary/aromatic N) is 2. The predicted molar refractivity (Wildman–Crippen MR) is 106 cm³/mol. The molecular weight excluding hydrogens is 360 g/mol. The Hall–Kier alpha value is -3.12. The molecule has 0 aliphatic heterocycles. The smallest absolute Gasteiger partial charge is 0.343 e. The van der Waals surface area contributed by atoms with Gasteiger partial charge in [0.1, 0.15) is 17.0 Å². The van der Waals surface area contributed by atoms with Crippen molar-refractivity contribution in [2.24, 2.45) is 0 Å². The number of benzene rings is 2. The number of ether oxygens (including phenoxy) is 1. The highest BCUT2D eigenvalue weighted by atomic mass is 32.2. The summed E-state index contributed by atoms with van der Waals surface area (Å²) in [6, 6.07) is 18.1. The number of carbonyl (C=O) groups excluding carboxylic acids is 1. The fraction of sp³-hybridized carbons (Fsp3) is 0.0952. The third kappa shape index (κ3) is 3.85. The number of hydrogen-bond acceptors (Lipinski definition) is 6. The summed E-state index contributed by atoms with van der Waals surface area (Å²) in [5.74, 6) is 1.34. The molecular formula is C21H16N2O3S. The van der Waals surface area contributed by atoms with Crippen molar-refractivity contribution in [3.63, 3.8) is 0 Å². The van der Waals surface area contributed by atoms with Crippen LogP contribution in [0.2, 0.25) is 0 Å². The zero-order valence-electron chi connectivity index (χ0n) is 14.6. The number of carbonyl (C=O) groups is 1. The highest BCUT2D eigenvalue weighted by molar-refractivity contribution is 7.97. The molecule has 0 radical (unpaired) electrons. The third-order valence-electron chi connectivity index (χ3n) is 3.96. The van der Waals surface area contributed by atoms with Gasteiger partial charge in [0.2, 0.25) is 5.89 Å². The van der Waals surface area contributed by atoms with Gasteiger partial charge in [-0.1, -0.05) is 18.2 Å². The Morgan fingerprint density at radius 1 is 1.11 bits per heavy atom. The largest absolute Gasteiger partial charge is 0.435 e. The fourth-order valence-corrected chi connectivity index (χ4v) is 3.16. The van der Waals surface area contributed by atoms with E-state index in [1.807, 2.05) is 36.6 Å². The van der Waals surface area contributed by atoms with Crippen LogP contribution < -0.4 is 4.74 Å². The van der Waals surface area contributed by atoms with Gasteiger partial charge in [0.15, 0.2) is 5.58 Å². The molecule has 4 rings (SSSR count). The number of rotatable bonds is 5. The minimum atomic E-state index is -0.408. The molecule has 0 aliphatic carbocycles. The number of thioether (sulfide) groups is 1. The maximum atomic E-state index is 12.4. The van der Waals surface area contributed by atoms with Crippen LogP contribution in [0.25, 0.3) is 22.7 Å². The summed E-state index contributed by atoms with van der Waals surface area (Å²) in [4.78, 5) is 21.0. The van der Waals surface area contributed by atoms with E-state index in [0.29, 0.717) is 34.0 Å². The van der Waals surface area contributed by atoms with Crippen molar-refractivity contribution >= 4 is 28.8 Å². The van der Waals surface area contributed by atoms with E-state index in [0.717, 1.165) is 5.75 Å². The summed E-state index contributed by atoms with van der Waals surface area (Å²) in [6.07, 6.45) is 3.73. The monoisotopic (exact) mass is 376 g/mol. The number of pyridine rings is 1. The van der Waals surface area contributed by atoms with Gasteiger partial charge in [0, 0.05) is 18.0 Å². The summed E-state index contributed by atoms with van der Waals surface area (Å²) in [5, 5.41) is 0. The van der Waals surface area contributed by atoms with Gasteiger partial charge in [-0.15, -0.1) is 0 Å². The zero-order valence-corrected chi connectivity index (χ0v) is 15.4. The van der Waals surface area contributed by atoms with Gasteiger partial charge in [-0.05, 0) is 48.2 Å². The number of esters is 1. The third-order valence-corrected chi connectivity index (χ3v) is 4.58. The maximum absolute atomic E-state index is 12.4. The first-order chi connectivity index (χ1) is 13.2. The van der Waals surface area contributed by atoms with Gasteiger partial charge in [0.25, 0.3) is 0 Å². The molecule has 0 bridgehead atoms. The molecule has 0 N–H and O–H groups in total. The highest BCUT2D eigenvalue weighted by Gasteiger charge is 2.13. The van der Waals surface area contributed by atoms with Crippen LogP contribution in [-0.4, -0.2) is 22.2 Å². The van der Waals surface area contributed by atoms with Gasteiger partial charge in [0.05, 0.1) is 5.56 Å². The Morgan fingerprint density at radius 3 is 2.70 bits per heavy atom. The SMILES string of the molecule is CSCc1ccc(C(=O)Oc2ccc3nc(-c4ccccn4)oc3c2)cc1.